The number of nitrogens with zero attached hydrogens (tertiary/aromatic N) is 2. The smallest absolute Gasteiger partial charge is 0.242 e. The highest BCUT2D eigenvalue weighted by Crippen LogP contribution is 2.40. The van der Waals surface area contributed by atoms with Crippen LogP contribution < -0.4 is 10.6 Å². The van der Waals surface area contributed by atoms with Crippen molar-refractivity contribution in [2.24, 2.45) is 10.4 Å². The van der Waals surface area contributed by atoms with E-state index < -0.39 is 10.0 Å². The number of hydrogen-bond donors (Lipinski definition) is 2. The Kier molecular flexibility index (Phi) is 8.92. The molecule has 29 heavy (non-hydrogen) atoms. The van der Waals surface area contributed by atoms with Crippen LogP contribution in [-0.2, 0) is 21.3 Å². The fourth-order valence-electron chi connectivity index (χ4n) is 3.74. The maximum Gasteiger partial charge on any atom is 0.242 e. The number of nitrogens with one attached hydrogen (secondary N) is 2. The second-order valence-corrected chi connectivity index (χ2v) is 10.0. The summed E-state index contributed by atoms with van der Waals surface area (Å²) in [6, 6.07) is 6.95. The third kappa shape index (κ3) is 6.69. The van der Waals surface area contributed by atoms with Crippen molar-refractivity contribution < 1.29 is 13.2 Å². The summed E-state index contributed by atoms with van der Waals surface area (Å²) in [4.78, 5) is 4.63. The molecule has 2 N–H and O–H groups in total. The van der Waals surface area contributed by atoms with Gasteiger partial charge in [0.15, 0.2) is 5.96 Å². The molecular weight excluding hydrogens is 388 g/mol. The minimum atomic E-state index is -3.40. The summed E-state index contributed by atoms with van der Waals surface area (Å²) in [5, 5.41) is 6.80. The third-order valence-corrected chi connectivity index (χ3v) is 7.49. The topological polar surface area (TPSA) is 83.0 Å². The molecule has 0 atom stereocenters. The number of aliphatic imine (C=N–C) groups is 1. The number of guanidine groups is 1. The highest BCUT2D eigenvalue weighted by Gasteiger charge is 2.33. The Morgan fingerprint density at radius 3 is 2.38 bits per heavy atom. The Hall–Kier alpha value is -1.64. The predicted molar refractivity (Wildman–Crippen MR) is 118 cm³/mol. The Labute approximate surface area is 176 Å². The number of ether oxygens (including phenoxy) is 1. The first-order valence-corrected chi connectivity index (χ1v) is 11.8. The second kappa shape index (κ2) is 10.9. The molecule has 0 radical (unpaired) electrons. The quantitative estimate of drug-likeness (QED) is 0.343. The molecule has 1 aromatic carbocycles. The van der Waals surface area contributed by atoms with E-state index in [0.717, 1.165) is 37.7 Å². The van der Waals surface area contributed by atoms with Crippen LogP contribution in [0.15, 0.2) is 34.2 Å². The van der Waals surface area contributed by atoms with Gasteiger partial charge >= 0.3 is 0 Å². The van der Waals surface area contributed by atoms with Gasteiger partial charge in [-0.15, -0.1) is 0 Å². The van der Waals surface area contributed by atoms with Gasteiger partial charge in [0.2, 0.25) is 10.0 Å². The standard InChI is InChI=1S/C21H36N4O3S/c1-5-28-15-14-21(12-6-7-13-21)17-24-20(22-2)23-16-18-8-10-19(11-9-18)29(26,27)25(3)4/h8-11H,5-7,12-17H2,1-4H3,(H2,22,23,24). The first-order chi connectivity index (χ1) is 13.8. The molecule has 1 fully saturated rings. The van der Waals surface area contributed by atoms with Gasteiger partial charge in [-0.25, -0.2) is 12.7 Å². The minimum absolute atomic E-state index is 0.287. The van der Waals surface area contributed by atoms with Crippen LogP contribution >= 0.6 is 0 Å². The maximum absolute atomic E-state index is 12.2. The zero-order chi connectivity index (χ0) is 21.3. The van der Waals surface area contributed by atoms with Gasteiger partial charge in [0.25, 0.3) is 0 Å². The lowest BCUT2D eigenvalue weighted by molar-refractivity contribution is 0.105. The van der Waals surface area contributed by atoms with Gasteiger partial charge in [-0.2, -0.15) is 0 Å². The summed E-state index contributed by atoms with van der Waals surface area (Å²) in [5.74, 6) is 0.762. The van der Waals surface area contributed by atoms with Crippen LogP contribution in [0, 0.1) is 5.41 Å². The van der Waals surface area contributed by atoms with Crippen LogP contribution in [0.5, 0.6) is 0 Å². The fraction of sp³-hybridized carbons (Fsp3) is 0.667. The number of rotatable bonds is 10. The largest absolute Gasteiger partial charge is 0.382 e. The summed E-state index contributed by atoms with van der Waals surface area (Å²) in [7, 11) is 1.44. The molecule has 1 aliphatic carbocycles. The van der Waals surface area contributed by atoms with E-state index in [0.29, 0.717) is 11.4 Å². The molecule has 0 amide bonds. The lowest BCUT2D eigenvalue weighted by Crippen LogP contribution is -2.43. The Morgan fingerprint density at radius 2 is 1.83 bits per heavy atom. The number of benzene rings is 1. The monoisotopic (exact) mass is 424 g/mol. The van der Waals surface area contributed by atoms with Gasteiger partial charge in [-0.05, 0) is 49.3 Å². The van der Waals surface area contributed by atoms with E-state index in [-0.39, 0.29) is 5.41 Å². The molecule has 0 spiro atoms. The molecule has 0 aliphatic heterocycles. The fourth-order valence-corrected chi connectivity index (χ4v) is 4.64. The number of hydrogen-bond acceptors (Lipinski definition) is 4. The third-order valence-electron chi connectivity index (χ3n) is 5.66. The van der Waals surface area contributed by atoms with Crippen LogP contribution in [0.1, 0.15) is 44.6 Å². The van der Waals surface area contributed by atoms with Crippen molar-refractivity contribution in [3.05, 3.63) is 29.8 Å². The maximum atomic E-state index is 12.2. The second-order valence-electron chi connectivity index (χ2n) is 7.86. The van der Waals surface area contributed by atoms with Crippen LogP contribution in [0.3, 0.4) is 0 Å². The molecule has 0 aromatic heterocycles. The average molecular weight is 425 g/mol. The van der Waals surface area contributed by atoms with Gasteiger partial charge in [-0.1, -0.05) is 25.0 Å². The van der Waals surface area contributed by atoms with Gasteiger partial charge in [-0.3, -0.25) is 4.99 Å². The number of sulfonamides is 1. The molecule has 0 unspecified atom stereocenters. The molecule has 0 bridgehead atoms. The Morgan fingerprint density at radius 1 is 1.17 bits per heavy atom. The first-order valence-electron chi connectivity index (χ1n) is 10.4. The predicted octanol–water partition coefficient (Wildman–Crippen LogP) is 2.59. The Balaban J connectivity index is 1.88. The minimum Gasteiger partial charge on any atom is -0.382 e. The molecule has 1 saturated carbocycles. The van der Waals surface area contributed by atoms with Crippen molar-refractivity contribution in [3.8, 4) is 0 Å². The van der Waals surface area contributed by atoms with E-state index in [1.54, 1.807) is 19.2 Å². The normalized spacial score (nSPS) is 16.9. The summed E-state index contributed by atoms with van der Waals surface area (Å²) in [5.41, 5.74) is 1.28. The van der Waals surface area contributed by atoms with E-state index in [4.69, 9.17) is 4.74 Å². The van der Waals surface area contributed by atoms with Gasteiger partial charge in [0, 0.05) is 47.4 Å². The SMILES string of the molecule is CCOCCC1(CNC(=NC)NCc2ccc(S(=O)(=O)N(C)C)cc2)CCCC1. The molecular formula is C21H36N4O3S. The molecule has 0 saturated heterocycles. The average Bonchev–Trinajstić information content (AvgIpc) is 3.17. The van der Waals surface area contributed by atoms with E-state index >= 15 is 0 Å². The molecule has 8 heteroatoms. The highest BCUT2D eigenvalue weighted by molar-refractivity contribution is 7.89. The van der Waals surface area contributed by atoms with Crippen LogP contribution in [0.4, 0.5) is 0 Å². The van der Waals surface area contributed by atoms with E-state index in [9.17, 15) is 8.42 Å². The van der Waals surface area contributed by atoms with Crippen LogP contribution in [-0.4, -0.2) is 59.6 Å². The van der Waals surface area contributed by atoms with Crippen LogP contribution in [0.2, 0.25) is 0 Å². The summed E-state index contributed by atoms with van der Waals surface area (Å²) in [6.07, 6.45) is 6.09. The first kappa shape index (κ1) is 23.6. The summed E-state index contributed by atoms with van der Waals surface area (Å²) < 4.78 is 31.1. The van der Waals surface area contributed by atoms with Crippen molar-refractivity contribution >= 4 is 16.0 Å². The van der Waals surface area contributed by atoms with Crippen molar-refractivity contribution in [2.75, 3.05) is 40.9 Å². The molecule has 0 heterocycles. The Bertz CT molecular complexity index is 755. The van der Waals surface area contributed by atoms with E-state index in [2.05, 4.69) is 15.6 Å². The van der Waals surface area contributed by atoms with E-state index in [1.165, 1.54) is 44.1 Å². The van der Waals surface area contributed by atoms with Crippen molar-refractivity contribution in [3.63, 3.8) is 0 Å². The molecule has 2 rings (SSSR count). The van der Waals surface area contributed by atoms with Crippen molar-refractivity contribution in [1.29, 1.82) is 0 Å². The summed E-state index contributed by atoms with van der Waals surface area (Å²) >= 11 is 0. The molecule has 164 valence electrons. The van der Waals surface area contributed by atoms with Gasteiger partial charge in [0.05, 0.1) is 4.90 Å². The highest BCUT2D eigenvalue weighted by atomic mass is 32.2. The van der Waals surface area contributed by atoms with Gasteiger partial charge < -0.3 is 15.4 Å². The lowest BCUT2D eigenvalue weighted by atomic mass is 9.83. The van der Waals surface area contributed by atoms with Gasteiger partial charge in [0.1, 0.15) is 0 Å². The lowest BCUT2D eigenvalue weighted by Gasteiger charge is -2.30. The molecule has 7 nitrogen and oxygen atoms in total. The zero-order valence-corrected chi connectivity index (χ0v) is 19.0. The summed E-state index contributed by atoms with van der Waals surface area (Å²) in [6.45, 7) is 5.08. The molecule has 1 aromatic rings. The van der Waals surface area contributed by atoms with Crippen LogP contribution in [0.25, 0.3) is 0 Å². The zero-order valence-electron chi connectivity index (χ0n) is 18.2. The van der Waals surface area contributed by atoms with Crippen molar-refractivity contribution in [2.45, 2.75) is 50.5 Å². The van der Waals surface area contributed by atoms with E-state index in [1.807, 2.05) is 19.1 Å². The van der Waals surface area contributed by atoms with Crippen molar-refractivity contribution in [1.82, 2.24) is 14.9 Å². The molecule has 1 aliphatic rings.